The van der Waals surface area contributed by atoms with Crippen molar-refractivity contribution >= 4 is 5.97 Å². The molecule has 3 N–H and O–H groups in total. The molecular formula is C5H8F3NO2. The van der Waals surface area contributed by atoms with Crippen LogP contribution in [0.3, 0.4) is 0 Å². The molecule has 0 aromatic carbocycles. The molecule has 0 aromatic heterocycles. The molecule has 0 saturated heterocycles. The highest BCUT2D eigenvalue weighted by Gasteiger charge is 2.42. The first-order chi connectivity index (χ1) is 4.76. The Kier molecular flexibility index (Phi) is 2.86. The molecule has 66 valence electrons. The normalized spacial score (nSPS) is 17.5. The Morgan fingerprint density at radius 3 is 2.00 bits per heavy atom. The lowest BCUT2D eigenvalue weighted by Crippen LogP contribution is -2.72. The van der Waals surface area contributed by atoms with Gasteiger partial charge in [0, 0.05) is 0 Å². The SMILES string of the molecule is C[C@H]([C@H]([NH3+])C(=O)[O-])C(F)(F)F. The number of alkyl halides is 3. The van der Waals surface area contributed by atoms with E-state index in [2.05, 4.69) is 5.73 Å². The highest BCUT2D eigenvalue weighted by Crippen LogP contribution is 2.26. The van der Waals surface area contributed by atoms with Gasteiger partial charge < -0.3 is 15.6 Å². The number of hydrogen-bond acceptors (Lipinski definition) is 2. The number of aliphatic carboxylic acids is 1. The first-order valence-corrected chi connectivity index (χ1v) is 2.87. The molecule has 0 amide bonds. The molecule has 0 aliphatic heterocycles. The molecule has 2 atom stereocenters. The number of carbonyl (C=O) groups excluding carboxylic acids is 1. The van der Waals surface area contributed by atoms with Gasteiger partial charge in [-0.15, -0.1) is 0 Å². The zero-order valence-corrected chi connectivity index (χ0v) is 5.81. The highest BCUT2D eigenvalue weighted by atomic mass is 19.4. The molecule has 0 spiro atoms. The van der Waals surface area contributed by atoms with Crippen LogP contribution in [0, 0.1) is 5.92 Å². The molecule has 0 aliphatic rings. The van der Waals surface area contributed by atoms with Gasteiger partial charge in [0.05, 0.1) is 5.97 Å². The minimum absolute atomic E-state index is 0.757. The summed E-state index contributed by atoms with van der Waals surface area (Å²) >= 11 is 0. The number of carboxylic acid groups (broad SMARTS) is 1. The van der Waals surface area contributed by atoms with Crippen LogP contribution in [0.2, 0.25) is 0 Å². The van der Waals surface area contributed by atoms with Crippen LogP contribution < -0.4 is 10.8 Å². The second-order valence-corrected chi connectivity index (χ2v) is 2.26. The zero-order valence-electron chi connectivity index (χ0n) is 5.81. The predicted molar refractivity (Wildman–Crippen MR) is 26.9 cm³/mol. The van der Waals surface area contributed by atoms with Gasteiger partial charge in [-0.25, -0.2) is 0 Å². The van der Waals surface area contributed by atoms with Crippen molar-refractivity contribution in [3.8, 4) is 0 Å². The van der Waals surface area contributed by atoms with E-state index in [0.717, 1.165) is 6.92 Å². The first kappa shape index (κ1) is 10.2. The number of hydrogen-bond donors (Lipinski definition) is 1. The van der Waals surface area contributed by atoms with Gasteiger partial charge in [-0.3, -0.25) is 0 Å². The molecule has 0 unspecified atom stereocenters. The molecule has 0 saturated carbocycles. The van der Waals surface area contributed by atoms with Gasteiger partial charge in [-0.1, -0.05) is 0 Å². The molecule has 0 heterocycles. The third-order valence-corrected chi connectivity index (χ3v) is 1.42. The summed E-state index contributed by atoms with van der Waals surface area (Å²) in [6, 6.07) is -1.74. The Hall–Kier alpha value is -0.780. The minimum atomic E-state index is -4.52. The van der Waals surface area contributed by atoms with E-state index in [-0.39, 0.29) is 0 Å². The van der Waals surface area contributed by atoms with Crippen molar-refractivity contribution in [2.75, 3.05) is 0 Å². The minimum Gasteiger partial charge on any atom is -0.544 e. The quantitative estimate of drug-likeness (QED) is 0.552. The van der Waals surface area contributed by atoms with Crippen LogP contribution >= 0.6 is 0 Å². The van der Waals surface area contributed by atoms with E-state index < -0.39 is 24.1 Å². The molecule has 0 fully saturated rings. The summed E-state index contributed by atoms with van der Waals surface area (Å²) in [5.41, 5.74) is 2.82. The molecule has 0 bridgehead atoms. The topological polar surface area (TPSA) is 67.8 Å². The molecule has 0 aliphatic carbocycles. The lowest BCUT2D eigenvalue weighted by Gasteiger charge is -2.19. The molecule has 3 nitrogen and oxygen atoms in total. The Morgan fingerprint density at radius 2 is 1.91 bits per heavy atom. The molecule has 0 aromatic rings. The van der Waals surface area contributed by atoms with Crippen LogP contribution in [-0.2, 0) is 4.79 Å². The van der Waals surface area contributed by atoms with Crippen molar-refractivity contribution in [2.24, 2.45) is 5.92 Å². The average Bonchev–Trinajstić information content (AvgIpc) is 1.82. The number of carbonyl (C=O) groups is 1. The van der Waals surface area contributed by atoms with Crippen molar-refractivity contribution in [2.45, 2.75) is 19.1 Å². The van der Waals surface area contributed by atoms with Crippen molar-refractivity contribution in [1.29, 1.82) is 0 Å². The smallest absolute Gasteiger partial charge is 0.397 e. The highest BCUT2D eigenvalue weighted by molar-refractivity contribution is 5.69. The summed E-state index contributed by atoms with van der Waals surface area (Å²) in [7, 11) is 0. The van der Waals surface area contributed by atoms with E-state index >= 15 is 0 Å². The molecular weight excluding hydrogens is 163 g/mol. The van der Waals surface area contributed by atoms with Crippen molar-refractivity contribution < 1.29 is 28.8 Å². The van der Waals surface area contributed by atoms with Gasteiger partial charge in [0.25, 0.3) is 0 Å². The van der Waals surface area contributed by atoms with Crippen molar-refractivity contribution in [1.82, 2.24) is 0 Å². The Bertz CT molecular complexity index is 156. The second-order valence-electron chi connectivity index (χ2n) is 2.26. The zero-order chi connectivity index (χ0) is 9.23. The monoisotopic (exact) mass is 171 g/mol. The van der Waals surface area contributed by atoms with Gasteiger partial charge in [0.15, 0.2) is 0 Å². The van der Waals surface area contributed by atoms with E-state index in [1.165, 1.54) is 0 Å². The number of quaternary nitrogens is 1. The Balaban J connectivity index is 4.25. The van der Waals surface area contributed by atoms with Crippen LogP contribution in [0.5, 0.6) is 0 Å². The third kappa shape index (κ3) is 2.75. The lowest BCUT2D eigenvalue weighted by molar-refractivity contribution is -0.460. The van der Waals surface area contributed by atoms with Crippen LogP contribution in [0.25, 0.3) is 0 Å². The Labute approximate surface area is 61.0 Å². The molecule has 0 rings (SSSR count). The summed E-state index contributed by atoms with van der Waals surface area (Å²) in [5, 5.41) is 9.91. The first-order valence-electron chi connectivity index (χ1n) is 2.87. The van der Waals surface area contributed by atoms with Crippen molar-refractivity contribution in [3.63, 3.8) is 0 Å². The van der Waals surface area contributed by atoms with Gasteiger partial charge >= 0.3 is 6.18 Å². The van der Waals surface area contributed by atoms with Crippen LogP contribution in [0.1, 0.15) is 6.92 Å². The summed E-state index contributed by atoms with van der Waals surface area (Å²) in [5.74, 6) is -3.75. The van der Waals surface area contributed by atoms with E-state index in [4.69, 9.17) is 0 Å². The predicted octanol–water partition coefficient (Wildman–Crippen LogP) is -1.45. The van der Waals surface area contributed by atoms with Crippen LogP contribution in [0.15, 0.2) is 0 Å². The number of rotatable bonds is 2. The fraction of sp³-hybridized carbons (Fsp3) is 0.800. The molecule has 6 heteroatoms. The van der Waals surface area contributed by atoms with E-state index in [9.17, 15) is 23.1 Å². The van der Waals surface area contributed by atoms with Crippen LogP contribution in [0.4, 0.5) is 13.2 Å². The largest absolute Gasteiger partial charge is 0.544 e. The molecule has 0 radical (unpaired) electrons. The average molecular weight is 171 g/mol. The lowest BCUT2D eigenvalue weighted by atomic mass is 10.0. The van der Waals surface area contributed by atoms with E-state index in [0.29, 0.717) is 0 Å². The van der Waals surface area contributed by atoms with Gasteiger partial charge in [0.2, 0.25) is 0 Å². The van der Waals surface area contributed by atoms with E-state index in [1.54, 1.807) is 0 Å². The summed E-state index contributed by atoms with van der Waals surface area (Å²) in [6.45, 7) is 0.757. The summed E-state index contributed by atoms with van der Waals surface area (Å²) in [4.78, 5) is 9.91. The summed E-state index contributed by atoms with van der Waals surface area (Å²) in [6.07, 6.45) is -4.52. The van der Waals surface area contributed by atoms with Crippen LogP contribution in [-0.4, -0.2) is 18.2 Å². The maximum Gasteiger partial charge on any atom is 0.397 e. The maximum absolute atomic E-state index is 11.7. The maximum atomic E-state index is 11.7. The second kappa shape index (κ2) is 3.08. The molecule has 11 heavy (non-hydrogen) atoms. The number of carboxylic acids is 1. The fourth-order valence-electron chi connectivity index (χ4n) is 0.432. The van der Waals surface area contributed by atoms with Gasteiger partial charge in [-0.2, -0.15) is 13.2 Å². The fourth-order valence-corrected chi connectivity index (χ4v) is 0.432. The standard InChI is InChI=1S/C5H8F3NO2/c1-2(5(6,7)8)3(9)4(10)11/h2-3H,9H2,1H3,(H,10,11)/t2-,3+/m1/s1. The third-order valence-electron chi connectivity index (χ3n) is 1.42. The van der Waals surface area contributed by atoms with Crippen molar-refractivity contribution in [3.05, 3.63) is 0 Å². The Morgan fingerprint density at radius 1 is 1.55 bits per heavy atom. The summed E-state index contributed by atoms with van der Waals surface area (Å²) < 4.78 is 35.2. The number of halogens is 3. The van der Waals surface area contributed by atoms with E-state index in [1.807, 2.05) is 0 Å². The van der Waals surface area contributed by atoms with Gasteiger partial charge in [0.1, 0.15) is 12.0 Å². The van der Waals surface area contributed by atoms with Gasteiger partial charge in [-0.05, 0) is 6.92 Å².